The van der Waals surface area contributed by atoms with Gasteiger partial charge < -0.3 is 0 Å². The maximum absolute atomic E-state index is 2.12. The predicted octanol–water partition coefficient (Wildman–Crippen LogP) is 4.78. The molecular formula is C13H26. The molecule has 0 atom stereocenters. The van der Waals surface area contributed by atoms with Crippen LogP contribution in [-0.2, 0) is 0 Å². The molecule has 0 bridgehead atoms. The van der Waals surface area contributed by atoms with Crippen LogP contribution < -0.4 is 0 Å². The Morgan fingerprint density at radius 3 is 1.15 bits per heavy atom. The van der Waals surface area contributed by atoms with Gasteiger partial charge in [-0.1, -0.05) is 71.6 Å². The lowest BCUT2D eigenvalue weighted by Gasteiger charge is -2.35. The molecule has 13 heavy (non-hydrogen) atoms. The van der Waals surface area contributed by atoms with Crippen molar-refractivity contribution in [2.75, 3.05) is 0 Å². The molecule has 0 aromatic heterocycles. The van der Waals surface area contributed by atoms with E-state index in [1.54, 1.807) is 25.7 Å². The summed E-state index contributed by atoms with van der Waals surface area (Å²) in [6, 6.07) is 0. The molecule has 2 aliphatic rings. The van der Waals surface area contributed by atoms with Crippen LogP contribution in [0, 0.1) is 11.8 Å². The lowest BCUT2D eigenvalue weighted by Crippen LogP contribution is -2.22. The van der Waals surface area contributed by atoms with Gasteiger partial charge in [0, 0.05) is 0 Å². The molecule has 0 heterocycles. The molecule has 0 N–H and O–H groups in total. The van der Waals surface area contributed by atoms with Crippen LogP contribution >= 0.6 is 0 Å². The van der Waals surface area contributed by atoms with Gasteiger partial charge in [0.05, 0.1) is 0 Å². The van der Waals surface area contributed by atoms with Crippen molar-refractivity contribution in [3.8, 4) is 0 Å². The van der Waals surface area contributed by atoms with E-state index >= 15 is 0 Å². The fourth-order valence-electron chi connectivity index (χ4n) is 2.86. The van der Waals surface area contributed by atoms with E-state index in [4.69, 9.17) is 0 Å². The van der Waals surface area contributed by atoms with Crippen molar-refractivity contribution in [3.63, 3.8) is 0 Å². The molecule has 0 spiro atoms. The van der Waals surface area contributed by atoms with Crippen LogP contribution in [0.4, 0.5) is 0 Å². The summed E-state index contributed by atoms with van der Waals surface area (Å²) in [4.78, 5) is 0. The highest BCUT2D eigenvalue weighted by Gasteiger charge is 2.26. The van der Waals surface area contributed by atoms with Gasteiger partial charge in [-0.3, -0.25) is 0 Å². The van der Waals surface area contributed by atoms with Gasteiger partial charge in [0.15, 0.2) is 0 Å². The van der Waals surface area contributed by atoms with Crippen LogP contribution in [0.3, 0.4) is 0 Å². The van der Waals surface area contributed by atoms with Gasteiger partial charge in [0.25, 0.3) is 0 Å². The van der Waals surface area contributed by atoms with Crippen molar-refractivity contribution >= 4 is 0 Å². The second-order valence-corrected chi connectivity index (χ2v) is 4.80. The molecule has 2 aliphatic carbocycles. The molecule has 0 amide bonds. The highest BCUT2D eigenvalue weighted by molar-refractivity contribution is 4.78. The van der Waals surface area contributed by atoms with Gasteiger partial charge in [-0.15, -0.1) is 0 Å². The zero-order chi connectivity index (χ0) is 9.52. The summed E-state index contributed by atoms with van der Waals surface area (Å²) in [5, 5.41) is 0. The molecule has 0 aromatic carbocycles. The maximum Gasteiger partial charge on any atom is -0.0386 e. The molecule has 2 saturated carbocycles. The molecule has 2 rings (SSSR count). The van der Waals surface area contributed by atoms with Crippen molar-refractivity contribution in [2.45, 2.75) is 71.6 Å². The fraction of sp³-hybridized carbons (Fsp3) is 1.00. The van der Waals surface area contributed by atoms with E-state index in [1.165, 1.54) is 32.1 Å². The Morgan fingerprint density at radius 1 is 0.692 bits per heavy atom. The Morgan fingerprint density at radius 2 is 0.923 bits per heavy atom. The predicted molar refractivity (Wildman–Crippen MR) is 59.9 cm³/mol. The minimum Gasteiger partial charge on any atom is -0.0656 e. The number of rotatable bonds is 0. The SMILES string of the molecule is C1CCC2CCCCC2C1.CCC. The third-order valence-corrected chi connectivity index (χ3v) is 3.47. The Hall–Kier alpha value is 0. The minimum atomic E-state index is 1.16. The van der Waals surface area contributed by atoms with E-state index in [1.807, 2.05) is 0 Å². The van der Waals surface area contributed by atoms with Crippen LogP contribution in [0.2, 0.25) is 0 Å². The Bertz CT molecular complexity index is 91.2. The normalized spacial score (nSPS) is 32.8. The zero-order valence-electron chi connectivity index (χ0n) is 9.52. The van der Waals surface area contributed by atoms with Gasteiger partial charge in [-0.2, -0.15) is 0 Å². The molecule has 0 aliphatic heterocycles. The molecule has 0 saturated heterocycles. The molecule has 0 aromatic rings. The van der Waals surface area contributed by atoms with Crippen LogP contribution in [-0.4, -0.2) is 0 Å². The average molecular weight is 182 g/mol. The monoisotopic (exact) mass is 182 g/mol. The van der Waals surface area contributed by atoms with Gasteiger partial charge in [-0.05, 0) is 11.8 Å². The molecule has 0 radical (unpaired) electrons. The quantitative estimate of drug-likeness (QED) is 0.505. The highest BCUT2D eigenvalue weighted by Crippen LogP contribution is 2.39. The van der Waals surface area contributed by atoms with Crippen molar-refractivity contribution in [1.29, 1.82) is 0 Å². The first-order chi connectivity index (χ1) is 6.38. The van der Waals surface area contributed by atoms with Gasteiger partial charge in [0.2, 0.25) is 0 Å². The van der Waals surface area contributed by atoms with Crippen LogP contribution in [0.5, 0.6) is 0 Å². The van der Waals surface area contributed by atoms with Crippen molar-refractivity contribution in [1.82, 2.24) is 0 Å². The fourth-order valence-corrected chi connectivity index (χ4v) is 2.86. The molecule has 0 heteroatoms. The number of hydrogen-bond acceptors (Lipinski definition) is 0. The van der Waals surface area contributed by atoms with Crippen molar-refractivity contribution < 1.29 is 0 Å². The summed E-state index contributed by atoms with van der Waals surface area (Å²) in [5.41, 5.74) is 0. The largest absolute Gasteiger partial charge is 0.0656 e. The lowest BCUT2D eigenvalue weighted by molar-refractivity contribution is 0.171. The standard InChI is InChI=1S/C10H18.C3H8/c1-2-6-10-8-4-3-7-9(10)5-1;1-3-2/h9-10H,1-8H2;3H2,1-2H3. The van der Waals surface area contributed by atoms with Crippen molar-refractivity contribution in [2.24, 2.45) is 11.8 Å². The van der Waals surface area contributed by atoms with Crippen LogP contribution in [0.1, 0.15) is 71.6 Å². The molecule has 0 unspecified atom stereocenters. The second-order valence-electron chi connectivity index (χ2n) is 4.80. The molecule has 78 valence electrons. The van der Waals surface area contributed by atoms with Crippen LogP contribution in [0.15, 0.2) is 0 Å². The van der Waals surface area contributed by atoms with E-state index < -0.39 is 0 Å². The van der Waals surface area contributed by atoms with Crippen molar-refractivity contribution in [3.05, 3.63) is 0 Å². The van der Waals surface area contributed by atoms with Gasteiger partial charge in [-0.25, -0.2) is 0 Å². The van der Waals surface area contributed by atoms with Gasteiger partial charge >= 0.3 is 0 Å². The maximum atomic E-state index is 2.12. The highest BCUT2D eigenvalue weighted by atomic mass is 14.3. The first-order valence-corrected chi connectivity index (χ1v) is 6.38. The first-order valence-electron chi connectivity index (χ1n) is 6.38. The summed E-state index contributed by atoms with van der Waals surface area (Å²) in [7, 11) is 0. The summed E-state index contributed by atoms with van der Waals surface area (Å²) in [5.74, 6) is 2.31. The zero-order valence-corrected chi connectivity index (χ0v) is 9.52. The van der Waals surface area contributed by atoms with E-state index in [0.717, 1.165) is 11.8 Å². The Labute approximate surface area is 84.1 Å². The summed E-state index contributed by atoms with van der Waals surface area (Å²) >= 11 is 0. The Balaban J connectivity index is 0.000000251. The van der Waals surface area contributed by atoms with E-state index in [-0.39, 0.29) is 0 Å². The number of fused-ring (bicyclic) bond motifs is 1. The van der Waals surface area contributed by atoms with E-state index in [0.29, 0.717) is 0 Å². The Kier molecular flexibility index (Phi) is 5.50. The van der Waals surface area contributed by atoms with Gasteiger partial charge in [0.1, 0.15) is 0 Å². The van der Waals surface area contributed by atoms with E-state index in [2.05, 4.69) is 13.8 Å². The van der Waals surface area contributed by atoms with Crippen LogP contribution in [0.25, 0.3) is 0 Å². The molecule has 2 fully saturated rings. The topological polar surface area (TPSA) is 0 Å². The third-order valence-electron chi connectivity index (χ3n) is 3.47. The smallest absolute Gasteiger partial charge is 0.0386 e. The second kappa shape index (κ2) is 6.45. The summed E-state index contributed by atoms with van der Waals surface area (Å²) in [6.45, 7) is 4.25. The third kappa shape index (κ3) is 3.70. The molecule has 0 nitrogen and oxygen atoms in total. The van der Waals surface area contributed by atoms with E-state index in [9.17, 15) is 0 Å². The number of hydrogen-bond donors (Lipinski definition) is 0. The molecular weight excluding hydrogens is 156 g/mol. The first kappa shape index (κ1) is 11.1. The lowest BCUT2D eigenvalue weighted by atomic mass is 9.71. The summed E-state index contributed by atoms with van der Waals surface area (Å²) in [6.07, 6.45) is 13.6. The summed E-state index contributed by atoms with van der Waals surface area (Å²) < 4.78 is 0. The minimum absolute atomic E-state index is 1.16. The average Bonchev–Trinajstić information content (AvgIpc) is 2.19.